The molecule has 0 radical (unpaired) electrons. The summed E-state index contributed by atoms with van der Waals surface area (Å²) in [5, 5.41) is 2.29. The number of rotatable bonds is 0. The lowest BCUT2D eigenvalue weighted by Gasteiger charge is -2.28. The van der Waals surface area contributed by atoms with Crippen molar-refractivity contribution in [3.05, 3.63) is 34.4 Å². The molecular formula is C19H18O3. The van der Waals surface area contributed by atoms with E-state index >= 15 is 0 Å². The number of benzene rings is 2. The first-order valence-corrected chi connectivity index (χ1v) is 8.26. The fourth-order valence-corrected chi connectivity index (χ4v) is 4.26. The molecule has 0 bridgehead atoms. The molecule has 0 saturated carbocycles. The quantitative estimate of drug-likeness (QED) is 0.737. The maximum absolute atomic E-state index is 12.2. The van der Waals surface area contributed by atoms with E-state index in [4.69, 9.17) is 9.47 Å². The highest BCUT2D eigenvalue weighted by molar-refractivity contribution is 6.18. The van der Waals surface area contributed by atoms with Gasteiger partial charge in [0.25, 0.3) is 0 Å². The second kappa shape index (κ2) is 4.48. The highest BCUT2D eigenvalue weighted by atomic mass is 16.7. The van der Waals surface area contributed by atoms with Crippen LogP contribution >= 0.6 is 0 Å². The van der Waals surface area contributed by atoms with Gasteiger partial charge in [-0.05, 0) is 65.3 Å². The summed E-state index contributed by atoms with van der Waals surface area (Å²) in [6.07, 6.45) is 7.96. The number of hydrogen-bond acceptors (Lipinski definition) is 3. The molecule has 0 unspecified atom stereocenters. The van der Waals surface area contributed by atoms with Gasteiger partial charge < -0.3 is 9.47 Å². The summed E-state index contributed by atoms with van der Waals surface area (Å²) in [4.78, 5) is 12.2. The normalized spacial score (nSPS) is 19.2. The average molecular weight is 294 g/mol. The first kappa shape index (κ1) is 12.5. The first-order valence-electron chi connectivity index (χ1n) is 8.26. The maximum Gasteiger partial charge on any atom is 0.231 e. The molecule has 1 heterocycles. The fourth-order valence-electron chi connectivity index (χ4n) is 4.26. The van der Waals surface area contributed by atoms with Crippen LogP contribution in [0.3, 0.4) is 0 Å². The number of carbonyl (C=O) groups is 1. The predicted octanol–water partition coefficient (Wildman–Crippen LogP) is 3.97. The smallest absolute Gasteiger partial charge is 0.231 e. The van der Waals surface area contributed by atoms with Crippen LogP contribution in [0, 0.1) is 0 Å². The minimum atomic E-state index is 0.281. The van der Waals surface area contributed by atoms with E-state index in [1.807, 2.05) is 6.07 Å². The van der Waals surface area contributed by atoms with Crippen molar-refractivity contribution in [3.63, 3.8) is 0 Å². The van der Waals surface area contributed by atoms with Crippen LogP contribution in [0.1, 0.15) is 52.7 Å². The van der Waals surface area contributed by atoms with E-state index < -0.39 is 0 Å². The van der Waals surface area contributed by atoms with Gasteiger partial charge in [0.15, 0.2) is 17.3 Å². The highest BCUT2D eigenvalue weighted by Gasteiger charge is 2.32. The van der Waals surface area contributed by atoms with Crippen molar-refractivity contribution in [2.45, 2.75) is 44.9 Å². The van der Waals surface area contributed by atoms with Crippen LogP contribution in [0.25, 0.3) is 10.8 Å². The van der Waals surface area contributed by atoms with Crippen LogP contribution in [-0.2, 0) is 19.3 Å². The number of ether oxygens (including phenoxy) is 2. The molecule has 3 heteroatoms. The summed E-state index contributed by atoms with van der Waals surface area (Å²) < 4.78 is 11.1. The van der Waals surface area contributed by atoms with Crippen molar-refractivity contribution in [1.82, 2.24) is 0 Å². The van der Waals surface area contributed by atoms with Crippen LogP contribution in [0.2, 0.25) is 0 Å². The van der Waals surface area contributed by atoms with E-state index in [0.29, 0.717) is 6.42 Å². The van der Waals surface area contributed by atoms with Gasteiger partial charge in [0.05, 0.1) is 0 Å². The number of aryl methyl sites for hydroxylation is 1. The van der Waals surface area contributed by atoms with Crippen molar-refractivity contribution in [2.75, 3.05) is 6.79 Å². The van der Waals surface area contributed by atoms with Gasteiger partial charge in [0.2, 0.25) is 6.79 Å². The van der Waals surface area contributed by atoms with Gasteiger partial charge in [0.1, 0.15) is 0 Å². The summed E-state index contributed by atoms with van der Waals surface area (Å²) in [7, 11) is 0. The molecule has 2 aromatic rings. The molecule has 0 amide bonds. The van der Waals surface area contributed by atoms with Crippen LogP contribution < -0.4 is 9.47 Å². The molecule has 5 rings (SSSR count). The standard InChI is InChI=1S/C19H18O3/c20-16-7-14-12-6-4-2-1-3-5-11(12)13-8-17-18(22-10-21-17)9-15(13)19(14)16/h8-9H,1-7,10H2. The number of ketones is 1. The van der Waals surface area contributed by atoms with E-state index in [9.17, 15) is 4.79 Å². The second-order valence-corrected chi connectivity index (χ2v) is 6.58. The lowest BCUT2D eigenvalue weighted by Crippen LogP contribution is -2.23. The molecule has 0 atom stereocenters. The summed E-state index contributed by atoms with van der Waals surface area (Å²) in [5.41, 5.74) is 5.18. The molecular weight excluding hydrogens is 276 g/mol. The number of hydrogen-bond donors (Lipinski definition) is 0. The molecule has 22 heavy (non-hydrogen) atoms. The van der Waals surface area contributed by atoms with E-state index in [1.165, 1.54) is 47.8 Å². The van der Waals surface area contributed by atoms with Crippen LogP contribution in [-0.4, -0.2) is 12.6 Å². The third-order valence-corrected chi connectivity index (χ3v) is 5.36. The monoisotopic (exact) mass is 294 g/mol. The fraction of sp³-hybridized carbons (Fsp3) is 0.421. The van der Waals surface area contributed by atoms with E-state index in [2.05, 4.69) is 6.07 Å². The molecule has 0 spiro atoms. The van der Waals surface area contributed by atoms with Crippen LogP contribution in [0.15, 0.2) is 12.1 Å². The van der Waals surface area contributed by atoms with Crippen LogP contribution in [0.5, 0.6) is 11.5 Å². The largest absolute Gasteiger partial charge is 0.454 e. The predicted molar refractivity (Wildman–Crippen MR) is 84.0 cm³/mol. The van der Waals surface area contributed by atoms with Gasteiger partial charge in [-0.25, -0.2) is 0 Å². The molecule has 2 aromatic carbocycles. The van der Waals surface area contributed by atoms with E-state index in [-0.39, 0.29) is 12.6 Å². The summed E-state index contributed by atoms with van der Waals surface area (Å²) in [5.74, 6) is 1.88. The first-order chi connectivity index (χ1) is 10.8. The summed E-state index contributed by atoms with van der Waals surface area (Å²) >= 11 is 0. The van der Waals surface area contributed by atoms with Crippen molar-refractivity contribution < 1.29 is 14.3 Å². The molecule has 2 aliphatic carbocycles. The Kier molecular flexibility index (Phi) is 2.55. The van der Waals surface area contributed by atoms with Crippen LogP contribution in [0.4, 0.5) is 0 Å². The zero-order valence-corrected chi connectivity index (χ0v) is 12.5. The Hall–Kier alpha value is -2.03. The maximum atomic E-state index is 12.2. The van der Waals surface area contributed by atoms with Gasteiger partial charge in [-0.2, -0.15) is 0 Å². The Balaban J connectivity index is 1.86. The molecule has 112 valence electrons. The zero-order valence-electron chi connectivity index (χ0n) is 12.5. The van der Waals surface area contributed by atoms with Gasteiger partial charge >= 0.3 is 0 Å². The number of carbonyl (C=O) groups excluding carboxylic acids is 1. The number of fused-ring (bicyclic) bond motifs is 7. The van der Waals surface area contributed by atoms with Gasteiger partial charge in [0, 0.05) is 12.0 Å². The lowest BCUT2D eigenvalue weighted by atomic mass is 9.74. The Morgan fingerprint density at radius 3 is 2.18 bits per heavy atom. The minimum absolute atomic E-state index is 0.281. The molecule has 0 aromatic heterocycles. The Labute approximate surface area is 129 Å². The molecule has 1 aliphatic heterocycles. The van der Waals surface area contributed by atoms with E-state index in [0.717, 1.165) is 35.3 Å². The Bertz CT molecular complexity index is 820. The lowest BCUT2D eigenvalue weighted by molar-refractivity contribution is 0.0969. The summed E-state index contributed by atoms with van der Waals surface area (Å²) in [6, 6.07) is 4.12. The summed E-state index contributed by atoms with van der Waals surface area (Å²) in [6.45, 7) is 0.282. The Morgan fingerprint density at radius 1 is 0.773 bits per heavy atom. The van der Waals surface area contributed by atoms with Gasteiger partial charge in [-0.3, -0.25) is 4.79 Å². The average Bonchev–Trinajstić information content (AvgIpc) is 2.91. The Morgan fingerprint density at radius 2 is 1.45 bits per heavy atom. The molecule has 0 fully saturated rings. The highest BCUT2D eigenvalue weighted by Crippen LogP contribution is 2.44. The van der Waals surface area contributed by atoms with Crippen molar-refractivity contribution in [1.29, 1.82) is 0 Å². The topological polar surface area (TPSA) is 35.5 Å². The molecule has 3 nitrogen and oxygen atoms in total. The minimum Gasteiger partial charge on any atom is -0.454 e. The third kappa shape index (κ3) is 1.59. The number of Topliss-reactive ketones (excluding diaryl/α,β-unsaturated/α-hetero) is 1. The van der Waals surface area contributed by atoms with E-state index in [1.54, 1.807) is 0 Å². The SMILES string of the molecule is O=C1Cc2c3c(c4cc5c(cc4c21)OCO5)CCCCCC3. The van der Waals surface area contributed by atoms with Gasteiger partial charge in [-0.15, -0.1) is 0 Å². The van der Waals surface area contributed by atoms with Crippen molar-refractivity contribution in [2.24, 2.45) is 0 Å². The van der Waals surface area contributed by atoms with Crippen molar-refractivity contribution >= 4 is 16.6 Å². The van der Waals surface area contributed by atoms with Crippen molar-refractivity contribution in [3.8, 4) is 11.5 Å². The molecule has 3 aliphatic rings. The molecule has 0 N–H and O–H groups in total. The molecule has 0 saturated heterocycles. The van der Waals surface area contributed by atoms with Gasteiger partial charge in [-0.1, -0.05) is 12.8 Å². The zero-order chi connectivity index (χ0) is 14.7. The second-order valence-electron chi connectivity index (χ2n) is 6.58. The third-order valence-electron chi connectivity index (χ3n) is 5.36.